The molecule has 2 amide bonds. The number of nitrogens with one attached hydrogen (secondary N) is 2. The van der Waals surface area contributed by atoms with Crippen molar-refractivity contribution in [1.82, 2.24) is 10.6 Å². The predicted molar refractivity (Wildman–Crippen MR) is 113 cm³/mol. The van der Waals surface area contributed by atoms with E-state index in [9.17, 15) is 19.5 Å². The molecule has 0 fully saturated rings. The van der Waals surface area contributed by atoms with E-state index in [1.165, 1.54) is 0 Å². The molecule has 0 saturated carbocycles. The number of ether oxygens (including phenoxy) is 1. The van der Waals surface area contributed by atoms with E-state index in [0.717, 1.165) is 11.1 Å². The van der Waals surface area contributed by atoms with Crippen molar-refractivity contribution in [3.05, 3.63) is 71.8 Å². The van der Waals surface area contributed by atoms with E-state index in [1.54, 1.807) is 13.8 Å². The number of hydrogen-bond acceptors (Lipinski definition) is 4. The molecule has 160 valence electrons. The van der Waals surface area contributed by atoms with E-state index >= 15 is 0 Å². The molecule has 0 unspecified atom stereocenters. The Kier molecular flexibility index (Phi) is 8.87. The van der Waals surface area contributed by atoms with Crippen LogP contribution in [0.5, 0.6) is 0 Å². The smallest absolute Gasteiger partial charge is 0.408 e. The maximum Gasteiger partial charge on any atom is 0.408 e. The lowest BCUT2D eigenvalue weighted by Gasteiger charge is -2.24. The zero-order chi connectivity index (χ0) is 21.9. The maximum absolute atomic E-state index is 12.7. The Morgan fingerprint density at radius 2 is 1.47 bits per heavy atom. The minimum atomic E-state index is -1.12. The van der Waals surface area contributed by atoms with Crippen LogP contribution >= 0.6 is 0 Å². The van der Waals surface area contributed by atoms with Crippen molar-refractivity contribution in [2.24, 2.45) is 5.92 Å². The fourth-order valence-electron chi connectivity index (χ4n) is 2.90. The van der Waals surface area contributed by atoms with E-state index in [4.69, 9.17) is 4.74 Å². The molecule has 2 aromatic carbocycles. The fraction of sp³-hybridized carbons (Fsp3) is 0.348. The summed E-state index contributed by atoms with van der Waals surface area (Å²) in [5, 5.41) is 14.6. The van der Waals surface area contributed by atoms with E-state index < -0.39 is 30.1 Å². The lowest BCUT2D eigenvalue weighted by atomic mass is 10.0. The van der Waals surface area contributed by atoms with Gasteiger partial charge in [0.05, 0.1) is 0 Å². The molecule has 30 heavy (non-hydrogen) atoms. The molecular formula is C23H28N2O5. The highest BCUT2D eigenvalue weighted by atomic mass is 16.5. The molecule has 0 saturated heterocycles. The fourth-order valence-corrected chi connectivity index (χ4v) is 2.90. The van der Waals surface area contributed by atoms with Gasteiger partial charge < -0.3 is 20.5 Å². The quantitative estimate of drug-likeness (QED) is 0.556. The van der Waals surface area contributed by atoms with Crippen LogP contribution in [0.2, 0.25) is 0 Å². The van der Waals surface area contributed by atoms with Crippen molar-refractivity contribution < 1.29 is 24.2 Å². The molecule has 0 spiro atoms. The lowest BCUT2D eigenvalue weighted by Crippen LogP contribution is -2.53. The second kappa shape index (κ2) is 11.6. The third-order valence-corrected chi connectivity index (χ3v) is 4.61. The van der Waals surface area contributed by atoms with E-state index in [-0.39, 0.29) is 18.9 Å². The van der Waals surface area contributed by atoms with Crippen LogP contribution < -0.4 is 10.6 Å². The Bertz CT molecular complexity index is 824. The molecule has 0 aliphatic heterocycles. The molecule has 2 atom stereocenters. The molecule has 2 rings (SSSR count). The van der Waals surface area contributed by atoms with Crippen molar-refractivity contribution in [3.63, 3.8) is 0 Å². The highest BCUT2D eigenvalue weighted by Gasteiger charge is 2.29. The van der Waals surface area contributed by atoms with Gasteiger partial charge in [-0.1, -0.05) is 74.5 Å². The molecule has 0 bridgehead atoms. The van der Waals surface area contributed by atoms with Crippen molar-refractivity contribution in [1.29, 1.82) is 0 Å². The van der Waals surface area contributed by atoms with Crippen LogP contribution in [0.15, 0.2) is 60.7 Å². The van der Waals surface area contributed by atoms with Gasteiger partial charge in [-0.2, -0.15) is 0 Å². The van der Waals surface area contributed by atoms with Gasteiger partial charge in [0, 0.05) is 0 Å². The molecule has 7 nitrogen and oxygen atoms in total. The van der Waals surface area contributed by atoms with Gasteiger partial charge in [0.2, 0.25) is 5.91 Å². The highest BCUT2D eigenvalue weighted by molar-refractivity contribution is 5.89. The van der Waals surface area contributed by atoms with Gasteiger partial charge in [-0.25, -0.2) is 9.59 Å². The van der Waals surface area contributed by atoms with Crippen LogP contribution in [0.3, 0.4) is 0 Å². The number of carbonyl (C=O) groups excluding carboxylic acids is 2. The van der Waals surface area contributed by atoms with Gasteiger partial charge in [0.1, 0.15) is 18.7 Å². The minimum absolute atomic E-state index is 0.0773. The number of carbonyl (C=O) groups is 3. The van der Waals surface area contributed by atoms with Crippen LogP contribution in [0.25, 0.3) is 0 Å². The summed E-state index contributed by atoms with van der Waals surface area (Å²) in [6.07, 6.45) is 0.0228. The molecule has 0 aliphatic carbocycles. The van der Waals surface area contributed by atoms with Crippen LogP contribution in [-0.4, -0.2) is 35.2 Å². The Morgan fingerprint density at radius 3 is 2.00 bits per heavy atom. The van der Waals surface area contributed by atoms with Gasteiger partial charge in [-0.05, 0) is 29.9 Å². The summed E-state index contributed by atoms with van der Waals surface area (Å²) in [6.45, 7) is 3.61. The van der Waals surface area contributed by atoms with Crippen molar-refractivity contribution in [2.45, 2.75) is 45.4 Å². The summed E-state index contributed by atoms with van der Waals surface area (Å²) >= 11 is 0. The average Bonchev–Trinajstić information content (AvgIpc) is 2.74. The predicted octanol–water partition coefficient (Wildman–Crippen LogP) is 3.14. The van der Waals surface area contributed by atoms with Gasteiger partial charge in [-0.15, -0.1) is 0 Å². The first kappa shape index (κ1) is 22.9. The molecule has 0 aromatic heterocycles. The summed E-state index contributed by atoms with van der Waals surface area (Å²) in [4.78, 5) is 36.4. The van der Waals surface area contributed by atoms with Crippen molar-refractivity contribution in [2.75, 3.05) is 0 Å². The zero-order valence-electron chi connectivity index (χ0n) is 17.2. The molecular weight excluding hydrogens is 384 g/mol. The molecule has 0 radical (unpaired) electrons. The number of aliphatic carboxylic acids is 1. The number of amides is 2. The molecule has 0 aliphatic rings. The normalized spacial score (nSPS) is 12.6. The second-order valence-corrected chi connectivity index (χ2v) is 7.35. The van der Waals surface area contributed by atoms with Crippen LogP contribution in [-0.2, 0) is 27.4 Å². The van der Waals surface area contributed by atoms with E-state index in [0.29, 0.717) is 6.42 Å². The molecule has 7 heteroatoms. The van der Waals surface area contributed by atoms with Gasteiger partial charge in [-0.3, -0.25) is 4.79 Å². The summed E-state index contributed by atoms with van der Waals surface area (Å²) < 4.78 is 5.17. The van der Waals surface area contributed by atoms with Gasteiger partial charge in [0.15, 0.2) is 0 Å². The molecule has 3 N–H and O–H groups in total. The Labute approximate surface area is 176 Å². The van der Waals surface area contributed by atoms with Gasteiger partial charge >= 0.3 is 12.1 Å². The summed E-state index contributed by atoms with van der Waals surface area (Å²) in [6, 6.07) is 16.7. The van der Waals surface area contributed by atoms with Crippen LogP contribution in [0, 0.1) is 5.92 Å². The Balaban J connectivity index is 1.91. The Hall–Kier alpha value is -3.35. The number of alkyl carbamates (subject to hydrolysis) is 1. The van der Waals surface area contributed by atoms with Gasteiger partial charge in [0.25, 0.3) is 0 Å². The highest BCUT2D eigenvalue weighted by Crippen LogP contribution is 2.08. The number of benzene rings is 2. The van der Waals surface area contributed by atoms with E-state index in [1.807, 2.05) is 60.7 Å². The average molecular weight is 412 g/mol. The number of rotatable bonds is 10. The first-order valence-corrected chi connectivity index (χ1v) is 9.91. The first-order valence-electron chi connectivity index (χ1n) is 9.91. The number of hydrogen-bond donors (Lipinski definition) is 3. The third kappa shape index (κ3) is 7.58. The van der Waals surface area contributed by atoms with E-state index in [2.05, 4.69) is 10.6 Å². The summed E-state index contributed by atoms with van der Waals surface area (Å²) in [5.41, 5.74) is 1.81. The number of carboxylic acid groups (broad SMARTS) is 1. The topological polar surface area (TPSA) is 105 Å². The number of carboxylic acids is 1. The second-order valence-electron chi connectivity index (χ2n) is 7.35. The monoisotopic (exact) mass is 412 g/mol. The third-order valence-electron chi connectivity index (χ3n) is 4.61. The minimum Gasteiger partial charge on any atom is -0.480 e. The largest absolute Gasteiger partial charge is 0.480 e. The zero-order valence-corrected chi connectivity index (χ0v) is 17.2. The van der Waals surface area contributed by atoms with Crippen LogP contribution in [0.4, 0.5) is 4.79 Å². The summed E-state index contributed by atoms with van der Waals surface area (Å²) in [5.74, 6) is -1.92. The molecule has 0 heterocycles. The maximum atomic E-state index is 12.7. The standard InChI is InChI=1S/C23H28N2O5/c1-16(2)20(25-23(29)30-15-18-11-7-4-8-12-18)21(26)24-19(22(27)28)14-13-17-9-5-3-6-10-17/h3-12,16,19-20H,13-15H2,1-2H3,(H,24,26)(H,25,29)(H,27,28)/t19-,20+/m1/s1. The Morgan fingerprint density at radius 1 is 0.900 bits per heavy atom. The SMILES string of the molecule is CC(C)[C@H](NC(=O)OCc1ccccc1)C(=O)N[C@H](CCc1ccccc1)C(=O)O. The lowest BCUT2D eigenvalue weighted by molar-refractivity contribution is -0.142. The number of aryl methyl sites for hydroxylation is 1. The van der Waals surface area contributed by atoms with Crippen molar-refractivity contribution >= 4 is 18.0 Å². The van der Waals surface area contributed by atoms with Crippen molar-refractivity contribution in [3.8, 4) is 0 Å². The summed E-state index contributed by atoms with van der Waals surface area (Å²) in [7, 11) is 0. The van der Waals surface area contributed by atoms with Crippen LogP contribution in [0.1, 0.15) is 31.4 Å². The first-order chi connectivity index (χ1) is 14.4. The molecule has 2 aromatic rings.